The Kier molecular flexibility index (Phi) is 3.68. The van der Waals surface area contributed by atoms with Crippen molar-refractivity contribution in [2.45, 2.75) is 19.4 Å². The van der Waals surface area contributed by atoms with Gasteiger partial charge in [0, 0.05) is 11.4 Å². The first-order valence-corrected chi connectivity index (χ1v) is 7.26. The summed E-state index contributed by atoms with van der Waals surface area (Å²) in [5, 5.41) is 4.20. The minimum absolute atomic E-state index is 0.178. The van der Waals surface area contributed by atoms with E-state index >= 15 is 0 Å². The molecule has 0 bridgehead atoms. The van der Waals surface area contributed by atoms with Gasteiger partial charge in [0.1, 0.15) is 5.75 Å². The molecule has 2 nitrogen and oxygen atoms in total. The average Bonchev–Trinajstić information content (AvgIpc) is 2.91. The maximum absolute atomic E-state index is 6.11. The van der Waals surface area contributed by atoms with Crippen LogP contribution < -0.4 is 10.1 Å². The van der Waals surface area contributed by atoms with Gasteiger partial charge in [0.05, 0.1) is 12.6 Å². The highest BCUT2D eigenvalue weighted by molar-refractivity contribution is 6.31. The molecule has 0 saturated carbocycles. The van der Waals surface area contributed by atoms with Crippen molar-refractivity contribution < 1.29 is 4.74 Å². The van der Waals surface area contributed by atoms with Crippen LogP contribution in [0.5, 0.6) is 5.75 Å². The zero-order valence-corrected chi connectivity index (χ0v) is 12.5. The zero-order chi connectivity index (χ0) is 14.1. The SMILES string of the molecule is CNC(c1ccc(Cl)c(C)c1)c1ccc2c(c1)CCO2. The average molecular weight is 288 g/mol. The largest absolute Gasteiger partial charge is 0.493 e. The maximum atomic E-state index is 6.11. The van der Waals surface area contributed by atoms with E-state index in [1.165, 1.54) is 16.7 Å². The Bertz CT molecular complexity index is 639. The van der Waals surface area contributed by atoms with Crippen LogP contribution in [0, 0.1) is 6.92 Å². The van der Waals surface area contributed by atoms with Crippen molar-refractivity contribution in [2.24, 2.45) is 0 Å². The highest BCUT2D eigenvalue weighted by atomic mass is 35.5. The molecule has 1 unspecified atom stereocenters. The zero-order valence-electron chi connectivity index (χ0n) is 11.7. The molecule has 3 heteroatoms. The molecule has 2 aromatic rings. The molecule has 0 aromatic heterocycles. The van der Waals surface area contributed by atoms with Gasteiger partial charge in [-0.15, -0.1) is 0 Å². The summed E-state index contributed by atoms with van der Waals surface area (Å²) < 4.78 is 5.57. The third-order valence-corrected chi connectivity index (χ3v) is 4.27. The second kappa shape index (κ2) is 5.47. The van der Waals surface area contributed by atoms with Crippen LogP contribution >= 0.6 is 11.6 Å². The van der Waals surface area contributed by atoms with Gasteiger partial charge >= 0.3 is 0 Å². The summed E-state index contributed by atoms with van der Waals surface area (Å²) in [5.74, 6) is 1.02. The summed E-state index contributed by atoms with van der Waals surface area (Å²) in [6, 6.07) is 12.8. The first-order chi connectivity index (χ1) is 9.69. The molecule has 0 fully saturated rings. The smallest absolute Gasteiger partial charge is 0.122 e. The molecule has 0 spiro atoms. The molecule has 20 heavy (non-hydrogen) atoms. The number of aryl methyl sites for hydroxylation is 1. The number of rotatable bonds is 3. The van der Waals surface area contributed by atoms with Crippen LogP contribution in [0.1, 0.15) is 28.3 Å². The number of halogens is 1. The molecule has 104 valence electrons. The minimum Gasteiger partial charge on any atom is -0.493 e. The van der Waals surface area contributed by atoms with Crippen LogP contribution in [-0.2, 0) is 6.42 Å². The summed E-state index contributed by atoms with van der Waals surface area (Å²) in [6.45, 7) is 2.83. The third kappa shape index (κ3) is 2.41. The minimum atomic E-state index is 0.178. The Morgan fingerprint density at radius 3 is 2.65 bits per heavy atom. The Hall–Kier alpha value is -1.51. The van der Waals surface area contributed by atoms with Gasteiger partial charge in [0.2, 0.25) is 0 Å². The van der Waals surface area contributed by atoms with E-state index in [4.69, 9.17) is 16.3 Å². The van der Waals surface area contributed by atoms with Crippen molar-refractivity contribution in [1.29, 1.82) is 0 Å². The molecule has 3 rings (SSSR count). The molecule has 1 N–H and O–H groups in total. The first-order valence-electron chi connectivity index (χ1n) is 6.88. The van der Waals surface area contributed by atoms with E-state index in [0.29, 0.717) is 0 Å². The number of hydrogen-bond donors (Lipinski definition) is 1. The van der Waals surface area contributed by atoms with Crippen molar-refractivity contribution in [3.05, 3.63) is 63.7 Å². The van der Waals surface area contributed by atoms with E-state index in [-0.39, 0.29) is 6.04 Å². The second-order valence-electron chi connectivity index (χ2n) is 5.20. The van der Waals surface area contributed by atoms with E-state index < -0.39 is 0 Å². The Balaban J connectivity index is 1.98. The number of nitrogens with one attached hydrogen (secondary N) is 1. The summed E-state index contributed by atoms with van der Waals surface area (Å²) in [7, 11) is 1.98. The molecule has 2 aromatic carbocycles. The standard InChI is InChI=1S/C17H18ClNO/c1-11-9-13(3-5-15(11)18)17(19-2)14-4-6-16-12(10-14)7-8-20-16/h3-6,9-10,17,19H,7-8H2,1-2H3. The van der Waals surface area contributed by atoms with Gasteiger partial charge in [-0.2, -0.15) is 0 Å². The predicted molar refractivity (Wildman–Crippen MR) is 82.7 cm³/mol. The van der Waals surface area contributed by atoms with E-state index in [9.17, 15) is 0 Å². The summed E-state index contributed by atoms with van der Waals surface area (Å²) in [5.41, 5.74) is 4.90. The van der Waals surface area contributed by atoms with Crippen molar-refractivity contribution >= 4 is 11.6 Å². The molecule has 1 heterocycles. The van der Waals surface area contributed by atoms with Crippen LogP contribution in [-0.4, -0.2) is 13.7 Å². The molecular weight excluding hydrogens is 270 g/mol. The van der Waals surface area contributed by atoms with E-state index in [0.717, 1.165) is 29.4 Å². The van der Waals surface area contributed by atoms with E-state index in [1.54, 1.807) is 0 Å². The van der Waals surface area contributed by atoms with Crippen LogP contribution in [0.4, 0.5) is 0 Å². The fourth-order valence-corrected chi connectivity index (χ4v) is 2.88. The van der Waals surface area contributed by atoms with Crippen LogP contribution in [0.15, 0.2) is 36.4 Å². The molecule has 0 amide bonds. The second-order valence-corrected chi connectivity index (χ2v) is 5.60. The van der Waals surface area contributed by atoms with Crippen LogP contribution in [0.25, 0.3) is 0 Å². The lowest BCUT2D eigenvalue weighted by Gasteiger charge is -2.19. The highest BCUT2D eigenvalue weighted by Crippen LogP contribution is 2.31. The van der Waals surface area contributed by atoms with Gasteiger partial charge < -0.3 is 10.1 Å². The molecular formula is C17H18ClNO. The third-order valence-electron chi connectivity index (χ3n) is 3.85. The lowest BCUT2D eigenvalue weighted by molar-refractivity contribution is 0.357. The summed E-state index contributed by atoms with van der Waals surface area (Å²) in [6.07, 6.45) is 0.999. The van der Waals surface area contributed by atoms with Gasteiger partial charge in [-0.1, -0.05) is 35.9 Å². The van der Waals surface area contributed by atoms with Crippen LogP contribution in [0.2, 0.25) is 5.02 Å². The lowest BCUT2D eigenvalue weighted by atomic mass is 9.95. The lowest BCUT2D eigenvalue weighted by Crippen LogP contribution is -2.17. The van der Waals surface area contributed by atoms with E-state index in [1.807, 2.05) is 20.0 Å². The highest BCUT2D eigenvalue weighted by Gasteiger charge is 2.17. The quantitative estimate of drug-likeness (QED) is 0.925. The molecule has 0 aliphatic carbocycles. The Morgan fingerprint density at radius 2 is 1.90 bits per heavy atom. The topological polar surface area (TPSA) is 21.3 Å². The maximum Gasteiger partial charge on any atom is 0.122 e. The number of hydrogen-bond acceptors (Lipinski definition) is 2. The number of benzene rings is 2. The number of ether oxygens (including phenoxy) is 1. The Labute approximate surface area is 124 Å². The molecule has 1 atom stereocenters. The van der Waals surface area contributed by atoms with Gasteiger partial charge in [-0.3, -0.25) is 0 Å². The molecule has 0 saturated heterocycles. The fourth-order valence-electron chi connectivity index (χ4n) is 2.76. The summed E-state index contributed by atoms with van der Waals surface area (Å²) >= 11 is 6.11. The van der Waals surface area contributed by atoms with Crippen molar-refractivity contribution in [1.82, 2.24) is 5.32 Å². The van der Waals surface area contributed by atoms with Crippen molar-refractivity contribution in [2.75, 3.05) is 13.7 Å². The predicted octanol–water partition coefficient (Wildman–Crippen LogP) is 3.89. The van der Waals surface area contributed by atoms with Gasteiger partial charge in [-0.25, -0.2) is 0 Å². The van der Waals surface area contributed by atoms with Gasteiger partial charge in [-0.05, 0) is 48.4 Å². The first kappa shape index (κ1) is 13.5. The van der Waals surface area contributed by atoms with Crippen molar-refractivity contribution in [3.8, 4) is 5.75 Å². The fraction of sp³-hybridized carbons (Fsp3) is 0.294. The van der Waals surface area contributed by atoms with Gasteiger partial charge in [0.15, 0.2) is 0 Å². The normalized spacial score (nSPS) is 14.8. The monoisotopic (exact) mass is 287 g/mol. The number of fused-ring (bicyclic) bond motifs is 1. The van der Waals surface area contributed by atoms with Crippen molar-refractivity contribution in [3.63, 3.8) is 0 Å². The Morgan fingerprint density at radius 1 is 1.15 bits per heavy atom. The van der Waals surface area contributed by atoms with Crippen LogP contribution in [0.3, 0.4) is 0 Å². The van der Waals surface area contributed by atoms with E-state index in [2.05, 4.69) is 35.6 Å². The summed E-state index contributed by atoms with van der Waals surface area (Å²) in [4.78, 5) is 0. The van der Waals surface area contributed by atoms with Gasteiger partial charge in [0.25, 0.3) is 0 Å². The molecule has 0 radical (unpaired) electrons. The molecule has 1 aliphatic rings. The molecule has 1 aliphatic heterocycles.